The molecule has 3 aromatic heterocycles. The second kappa shape index (κ2) is 11.6. The minimum atomic E-state index is -0.648. The molecule has 38 heavy (non-hydrogen) atoms. The summed E-state index contributed by atoms with van der Waals surface area (Å²) >= 11 is 0. The summed E-state index contributed by atoms with van der Waals surface area (Å²) in [6, 6.07) is 10.3. The highest BCUT2D eigenvalue weighted by Gasteiger charge is 2.37. The van der Waals surface area contributed by atoms with Gasteiger partial charge in [-0.05, 0) is 62.7 Å². The predicted molar refractivity (Wildman–Crippen MR) is 141 cm³/mol. The van der Waals surface area contributed by atoms with E-state index in [0.29, 0.717) is 24.3 Å². The first kappa shape index (κ1) is 26.4. The molecule has 1 N–H and O–H groups in total. The maximum absolute atomic E-state index is 14.0. The quantitative estimate of drug-likeness (QED) is 0.141. The number of ether oxygens (including phenoxy) is 2. The summed E-state index contributed by atoms with van der Waals surface area (Å²) in [5.41, 5.74) is 11.5. The van der Waals surface area contributed by atoms with Gasteiger partial charge >= 0.3 is 5.97 Å². The van der Waals surface area contributed by atoms with Gasteiger partial charge in [-0.3, -0.25) is 4.98 Å². The fourth-order valence-electron chi connectivity index (χ4n) is 4.22. The summed E-state index contributed by atoms with van der Waals surface area (Å²) in [7, 11) is 0. The van der Waals surface area contributed by atoms with Crippen molar-refractivity contribution in [1.29, 1.82) is 0 Å². The molecule has 0 aliphatic carbocycles. The zero-order valence-corrected chi connectivity index (χ0v) is 21.3. The first-order valence-corrected chi connectivity index (χ1v) is 12.1. The predicted octanol–water partition coefficient (Wildman–Crippen LogP) is 5.91. The highest BCUT2D eigenvalue weighted by molar-refractivity contribution is 5.88. The summed E-state index contributed by atoms with van der Waals surface area (Å²) in [5, 5.41) is 6.91. The Morgan fingerprint density at radius 2 is 2.21 bits per heavy atom. The Hall–Kier alpha value is -4.63. The van der Waals surface area contributed by atoms with E-state index < -0.39 is 5.60 Å². The molecule has 0 spiro atoms. The van der Waals surface area contributed by atoms with Gasteiger partial charge in [0.2, 0.25) is 0 Å². The maximum atomic E-state index is 14.0. The van der Waals surface area contributed by atoms with Gasteiger partial charge in [0.05, 0.1) is 30.4 Å². The lowest BCUT2D eigenvalue weighted by Crippen LogP contribution is -2.33. The van der Waals surface area contributed by atoms with E-state index >= 15 is 0 Å². The fraction of sp³-hybridized carbons (Fsp3) is 0.296. The lowest BCUT2D eigenvalue weighted by Gasteiger charge is -2.23. The molecule has 4 aromatic rings. The van der Waals surface area contributed by atoms with Crippen molar-refractivity contribution in [2.45, 2.75) is 38.8 Å². The summed E-state index contributed by atoms with van der Waals surface area (Å²) in [4.78, 5) is 22.3. The number of anilines is 1. The van der Waals surface area contributed by atoms with Crippen molar-refractivity contribution in [3.05, 3.63) is 100 Å². The number of azide groups is 1. The number of hydrogen-bond donors (Lipinski definition) is 1. The first-order valence-electron chi connectivity index (χ1n) is 12.1. The number of fused-ring (bicyclic) bond motifs is 2. The van der Waals surface area contributed by atoms with Crippen molar-refractivity contribution in [1.82, 2.24) is 14.4 Å². The standard InChI is InChI=1S/C17H18FN5O.C10H10N2O2/c1-11(22-14-4-3-5-20-9-14)15-7-13(18)6-12-8-17(2,10-21-23-19)24-16(12)15;1-2-14-10(13)8-6-11-9-4-3-5-12(9)7-8/h3-7,9,11,22H,8,10H2,1-2H3;3-7H,2H2,1H3/t11-,17?;/m1./s1. The van der Waals surface area contributed by atoms with Gasteiger partial charge in [0, 0.05) is 53.4 Å². The molecule has 0 radical (unpaired) electrons. The van der Waals surface area contributed by atoms with Crippen molar-refractivity contribution in [2.24, 2.45) is 5.11 Å². The van der Waals surface area contributed by atoms with Gasteiger partial charge in [-0.1, -0.05) is 5.11 Å². The molecule has 10 nitrogen and oxygen atoms in total. The number of nitrogens with zero attached hydrogens (tertiary/aromatic N) is 6. The molecular weight excluding hydrogens is 489 g/mol. The van der Waals surface area contributed by atoms with Crippen molar-refractivity contribution >= 4 is 17.3 Å². The molecule has 1 aliphatic rings. The Bertz CT molecular complexity index is 1470. The highest BCUT2D eigenvalue weighted by Crippen LogP contribution is 2.41. The van der Waals surface area contributed by atoms with Gasteiger partial charge in [0.25, 0.3) is 0 Å². The second-order valence-corrected chi connectivity index (χ2v) is 9.05. The molecule has 1 unspecified atom stereocenters. The summed E-state index contributed by atoms with van der Waals surface area (Å²) in [6.45, 7) is 6.16. The van der Waals surface area contributed by atoms with E-state index in [9.17, 15) is 9.18 Å². The number of halogens is 1. The average molecular weight is 518 g/mol. The lowest BCUT2D eigenvalue weighted by molar-refractivity contribution is 0.0525. The van der Waals surface area contributed by atoms with Crippen LogP contribution in [0.4, 0.5) is 10.1 Å². The van der Waals surface area contributed by atoms with Gasteiger partial charge in [-0.15, -0.1) is 0 Å². The smallest absolute Gasteiger partial charge is 0.341 e. The monoisotopic (exact) mass is 517 g/mol. The molecule has 196 valence electrons. The molecule has 4 heterocycles. The van der Waals surface area contributed by atoms with Gasteiger partial charge in [0.15, 0.2) is 0 Å². The molecule has 2 atom stereocenters. The molecule has 1 aromatic carbocycles. The van der Waals surface area contributed by atoms with Gasteiger partial charge in [-0.25, -0.2) is 14.2 Å². The Morgan fingerprint density at radius 3 is 2.95 bits per heavy atom. The molecule has 0 fully saturated rings. The number of carbonyl (C=O) groups excluding carboxylic acids is 1. The summed E-state index contributed by atoms with van der Waals surface area (Å²) in [5.74, 6) is 0.0201. The number of nitrogens with one attached hydrogen (secondary N) is 1. The van der Waals surface area contributed by atoms with E-state index in [2.05, 4.69) is 25.3 Å². The van der Waals surface area contributed by atoms with E-state index in [-0.39, 0.29) is 24.4 Å². The fourth-order valence-corrected chi connectivity index (χ4v) is 4.22. The Labute approximate surface area is 219 Å². The first-order chi connectivity index (χ1) is 18.3. The normalized spacial score (nSPS) is 16.3. The van der Waals surface area contributed by atoms with Crippen LogP contribution in [-0.2, 0) is 11.2 Å². The molecule has 11 heteroatoms. The number of benzene rings is 1. The molecule has 1 aliphatic heterocycles. The average Bonchev–Trinajstić information content (AvgIpc) is 3.51. The molecule has 5 rings (SSSR count). The number of carbonyl (C=O) groups is 1. The van der Waals surface area contributed by atoms with E-state index in [1.54, 1.807) is 29.9 Å². The third kappa shape index (κ3) is 6.19. The number of esters is 1. The van der Waals surface area contributed by atoms with Crippen molar-refractivity contribution < 1.29 is 18.7 Å². The molecule has 0 amide bonds. The largest absolute Gasteiger partial charge is 0.486 e. The van der Waals surface area contributed by atoms with Gasteiger partial charge < -0.3 is 19.2 Å². The summed E-state index contributed by atoms with van der Waals surface area (Å²) in [6.07, 6.45) is 8.98. The van der Waals surface area contributed by atoms with Crippen LogP contribution in [0.2, 0.25) is 0 Å². The Balaban J connectivity index is 0.000000204. The van der Waals surface area contributed by atoms with Crippen LogP contribution in [0.3, 0.4) is 0 Å². The zero-order chi connectivity index (χ0) is 27.1. The highest BCUT2D eigenvalue weighted by atomic mass is 19.1. The van der Waals surface area contributed by atoms with Crippen LogP contribution < -0.4 is 10.1 Å². The van der Waals surface area contributed by atoms with Crippen LogP contribution >= 0.6 is 0 Å². The molecule has 0 saturated heterocycles. The minimum Gasteiger partial charge on any atom is -0.486 e. The van der Waals surface area contributed by atoms with Crippen LogP contribution in [0, 0.1) is 5.82 Å². The SMILES string of the molecule is CCOC(=O)c1cnc2cccn2c1.C[C@@H](Nc1cccnc1)c1cc(F)cc2c1OC(C)(CN=[N+]=[N-])C2. The van der Waals surface area contributed by atoms with E-state index in [1.165, 1.54) is 18.3 Å². The summed E-state index contributed by atoms with van der Waals surface area (Å²) < 4.78 is 26.7. The third-order valence-electron chi connectivity index (χ3n) is 5.93. The van der Waals surface area contributed by atoms with E-state index in [0.717, 1.165) is 22.5 Å². The Morgan fingerprint density at radius 1 is 1.37 bits per heavy atom. The van der Waals surface area contributed by atoms with Crippen LogP contribution in [0.25, 0.3) is 16.1 Å². The lowest BCUT2D eigenvalue weighted by atomic mass is 9.97. The maximum Gasteiger partial charge on any atom is 0.341 e. The molecule has 0 saturated carbocycles. The van der Waals surface area contributed by atoms with E-state index in [4.69, 9.17) is 15.0 Å². The van der Waals surface area contributed by atoms with Crippen molar-refractivity contribution in [3.8, 4) is 5.75 Å². The second-order valence-electron chi connectivity index (χ2n) is 9.05. The Kier molecular flexibility index (Phi) is 8.08. The van der Waals surface area contributed by atoms with Crippen LogP contribution in [0.15, 0.2) is 72.5 Å². The zero-order valence-electron chi connectivity index (χ0n) is 21.3. The number of hydrogen-bond acceptors (Lipinski definition) is 7. The van der Waals surface area contributed by atoms with Gasteiger partial charge in [-0.2, -0.15) is 0 Å². The molecular formula is C27H28FN7O3. The topological polar surface area (TPSA) is 127 Å². The van der Waals surface area contributed by atoms with E-state index in [1.807, 2.05) is 44.3 Å². The number of aromatic nitrogens is 3. The van der Waals surface area contributed by atoms with Crippen LogP contribution in [0.5, 0.6) is 5.75 Å². The van der Waals surface area contributed by atoms with Crippen LogP contribution in [-0.4, -0.2) is 39.1 Å². The third-order valence-corrected chi connectivity index (χ3v) is 5.93. The van der Waals surface area contributed by atoms with Gasteiger partial charge in [0.1, 0.15) is 22.8 Å². The number of pyridine rings is 1. The minimum absolute atomic E-state index is 0.166. The number of rotatable bonds is 7. The molecule has 0 bridgehead atoms. The van der Waals surface area contributed by atoms with Crippen molar-refractivity contribution in [3.63, 3.8) is 0 Å². The van der Waals surface area contributed by atoms with Crippen molar-refractivity contribution in [2.75, 3.05) is 18.5 Å². The van der Waals surface area contributed by atoms with Crippen LogP contribution in [0.1, 0.15) is 48.3 Å².